The molecule has 9 heterocycles. The minimum absolute atomic E-state index is 0. The Morgan fingerprint density at radius 2 is 0.704 bits per heavy atom. The van der Waals surface area contributed by atoms with E-state index in [0.29, 0.717) is 56.2 Å². The molecule has 0 radical (unpaired) electrons. The number of aliphatic hydroxyl groups excluding tert-OH is 1. The molecule has 13 N–H and O–H groups in total. The molecular weight excluding hydrogens is 1570 g/mol. The van der Waals surface area contributed by atoms with Crippen LogP contribution in [0, 0.1) is 0 Å². The zero-order chi connectivity index (χ0) is 76.9. The van der Waals surface area contributed by atoms with Crippen molar-refractivity contribution in [1.82, 2.24) is 45.9 Å². The van der Waals surface area contributed by atoms with E-state index >= 15 is 0 Å². The number of aliphatic hydroxyl groups is 1. The van der Waals surface area contributed by atoms with Gasteiger partial charge in [0.05, 0.1) is 100 Å². The number of ketones is 1. The second kappa shape index (κ2) is 43.3. The van der Waals surface area contributed by atoms with Crippen LogP contribution in [0.3, 0.4) is 0 Å². The molecule has 3 aliphatic heterocycles. The average Bonchev–Trinajstić information content (AvgIpc) is 1.75. The van der Waals surface area contributed by atoms with E-state index in [9.17, 15) is 33.6 Å². The molecule has 560 valence electrons. The van der Waals surface area contributed by atoms with Crippen LogP contribution in [0.5, 0.6) is 0 Å². The van der Waals surface area contributed by atoms with Gasteiger partial charge in [-0.15, -0.1) is 80.4 Å². The zero-order valence-corrected chi connectivity index (χ0v) is 66.6. The number of nitrogens with two attached hydrogens (primary N) is 2. The highest BCUT2D eigenvalue weighted by Crippen LogP contribution is 2.42. The van der Waals surface area contributed by atoms with Gasteiger partial charge in [-0.25, -0.2) is 5.90 Å². The van der Waals surface area contributed by atoms with Crippen LogP contribution in [0.2, 0.25) is 0 Å². The fourth-order valence-corrected chi connectivity index (χ4v) is 16.0. The first-order chi connectivity index (χ1) is 51.8. The second-order valence-electron chi connectivity index (χ2n) is 22.3. The number of carbonyl (C=O) groups is 7. The number of amides is 6. The number of rotatable bonds is 12. The third-order valence-corrected chi connectivity index (χ3v) is 23.9. The van der Waals surface area contributed by atoms with E-state index in [4.69, 9.17) is 21.3 Å². The SMILES string of the molecule is C/C(=N\O)c1cncs1.CC(=O)c1cncs1.CC(N)c1cncs1.CC(NC(=O)c1ccc2c(c1)NC(=O)c1ccccc1S2)c1cncs1.CC(NC(=O)c1ccc2c(c1)NC(=O)c1ccccc1S2)c1cncs1.CC(NC(=O)c1ccc2c(c1)NC(=O)c1ccccc1S2)c1cncs1.CO.Cl.NO. The summed E-state index contributed by atoms with van der Waals surface area (Å²) in [5, 5.41) is 42.4. The molecule has 6 amide bonds. The van der Waals surface area contributed by atoms with Crippen molar-refractivity contribution in [3.63, 3.8) is 0 Å². The predicted octanol–water partition coefficient (Wildman–Crippen LogP) is 16.3. The number of hydrogen-bond donors (Lipinski definition) is 11. The highest BCUT2D eigenvalue weighted by atomic mass is 35.5. The minimum Gasteiger partial charge on any atom is -0.411 e. The smallest absolute Gasteiger partial charge is 0.256 e. The van der Waals surface area contributed by atoms with Gasteiger partial charge in [0.2, 0.25) is 0 Å². The molecule has 0 saturated carbocycles. The first-order valence-electron chi connectivity index (χ1n) is 31.9. The Bertz CT molecular complexity index is 4560. The van der Waals surface area contributed by atoms with Crippen LogP contribution in [-0.4, -0.2) is 99.5 Å². The number of anilines is 3. The summed E-state index contributed by atoms with van der Waals surface area (Å²) in [7, 11) is 1.00. The maximum absolute atomic E-state index is 12.6. The Hall–Kier alpha value is -9.76. The van der Waals surface area contributed by atoms with Gasteiger partial charge < -0.3 is 53.2 Å². The van der Waals surface area contributed by atoms with Crippen LogP contribution < -0.4 is 43.5 Å². The minimum atomic E-state index is -0.185. The van der Waals surface area contributed by atoms with Crippen LogP contribution >= 0.6 is 116 Å². The molecule has 35 heteroatoms. The van der Waals surface area contributed by atoms with Gasteiger partial charge >= 0.3 is 0 Å². The maximum Gasteiger partial charge on any atom is 0.256 e. The van der Waals surface area contributed by atoms with Gasteiger partial charge in [-0.3, -0.25) is 63.5 Å². The number of nitrogens with zero attached hydrogens (tertiary/aromatic N) is 7. The van der Waals surface area contributed by atoms with Gasteiger partial charge in [-0.1, -0.05) is 76.8 Å². The largest absolute Gasteiger partial charge is 0.411 e. The molecule has 0 bridgehead atoms. The molecule has 3 aliphatic rings. The highest BCUT2D eigenvalue weighted by Gasteiger charge is 2.26. The molecule has 25 nitrogen and oxygen atoms in total. The first-order valence-corrected chi connectivity index (χ1v) is 39.6. The maximum atomic E-state index is 12.6. The number of Topliss-reactive ketones (excluding diaryl/α,β-unsaturated/α-hetero) is 1. The van der Waals surface area contributed by atoms with Crippen molar-refractivity contribution in [2.45, 2.75) is 95.1 Å². The molecule has 4 unspecified atom stereocenters. The van der Waals surface area contributed by atoms with Gasteiger partial charge in [0.1, 0.15) is 0 Å². The molecule has 0 aliphatic carbocycles. The number of fused-ring (bicyclic) bond motifs is 6. The molecule has 0 saturated heterocycles. The molecule has 0 spiro atoms. The summed E-state index contributed by atoms with van der Waals surface area (Å²) in [5.41, 5.74) is 21.9. The number of carbonyl (C=O) groups excluding carboxylic acids is 7. The quantitative estimate of drug-likeness (QED) is 0.0234. The zero-order valence-electron chi connectivity index (χ0n) is 58.4. The molecule has 6 aromatic carbocycles. The van der Waals surface area contributed by atoms with Crippen LogP contribution in [0.1, 0.15) is 162 Å². The lowest BCUT2D eigenvalue weighted by atomic mass is 10.1. The summed E-state index contributed by atoms with van der Waals surface area (Å²) in [4.78, 5) is 120. The van der Waals surface area contributed by atoms with Gasteiger partial charge in [-0.2, -0.15) is 0 Å². The number of halogens is 1. The molecule has 15 rings (SSSR count). The van der Waals surface area contributed by atoms with Gasteiger partial charge in [0, 0.05) is 123 Å². The molecule has 0 fully saturated rings. The van der Waals surface area contributed by atoms with Crippen molar-refractivity contribution < 1.29 is 49.1 Å². The van der Waals surface area contributed by atoms with Crippen molar-refractivity contribution in [3.8, 4) is 0 Å². The summed E-state index contributed by atoms with van der Waals surface area (Å²) in [6.07, 6.45) is 10.3. The van der Waals surface area contributed by atoms with E-state index in [1.807, 2.05) is 100 Å². The number of hydrogen-bond acceptors (Lipinski definition) is 28. The summed E-state index contributed by atoms with van der Waals surface area (Å²) in [6.45, 7) is 11.0. The average molecular weight is 1640 g/mol. The number of thiazole rings is 6. The lowest BCUT2D eigenvalue weighted by Crippen LogP contribution is -2.26. The molecule has 4 atom stereocenters. The van der Waals surface area contributed by atoms with Crippen LogP contribution in [0.4, 0.5) is 17.1 Å². The highest BCUT2D eigenvalue weighted by molar-refractivity contribution is 8.00. The number of oxime groups is 1. The van der Waals surface area contributed by atoms with E-state index in [1.165, 1.54) is 98.9 Å². The number of nitrogens with one attached hydrogen (secondary N) is 6. The molecule has 6 aromatic heterocycles. The third-order valence-electron chi connectivity index (χ3n) is 14.8. The van der Waals surface area contributed by atoms with Crippen molar-refractivity contribution in [2.75, 3.05) is 23.1 Å². The fourth-order valence-electron chi connectivity index (χ4n) is 9.38. The van der Waals surface area contributed by atoms with Crippen molar-refractivity contribution in [1.29, 1.82) is 0 Å². The fraction of sp³-hybridized carbons (Fsp3) is 0.151. The topological polar surface area (TPSA) is 394 Å². The van der Waals surface area contributed by atoms with E-state index in [2.05, 4.69) is 72.9 Å². The Morgan fingerprint density at radius 1 is 0.417 bits per heavy atom. The number of aromatic nitrogens is 6. The van der Waals surface area contributed by atoms with E-state index in [0.717, 1.165) is 65.7 Å². The van der Waals surface area contributed by atoms with Gasteiger partial charge in [0.15, 0.2) is 5.78 Å². The van der Waals surface area contributed by atoms with Crippen molar-refractivity contribution >= 4 is 180 Å². The Labute approximate surface area is 664 Å². The van der Waals surface area contributed by atoms with Gasteiger partial charge in [-0.05, 0) is 126 Å². The van der Waals surface area contributed by atoms with E-state index < -0.39 is 0 Å². The summed E-state index contributed by atoms with van der Waals surface area (Å²) in [5.74, 6) is 2.54. The molecule has 12 aromatic rings. The van der Waals surface area contributed by atoms with Crippen LogP contribution in [0.25, 0.3) is 0 Å². The summed E-state index contributed by atoms with van der Waals surface area (Å²) >= 11 is 13.5. The lowest BCUT2D eigenvalue weighted by Gasteiger charge is -2.13. The standard InChI is InChI=1S/3C19H15N3O2S2.C5H6N2OS.C5H8N2S.C5H5NOS.CH4O.ClH.H3NO/c3*1-11(17-9-20-10-25-17)21-18(23)12-6-7-16-14(8-12)22-19(24)13-4-2-3-5-15(13)26-16;1-4(7-8)5-2-6-3-9-5;1-4(6)5-2-7-3-8-5;1-4(7)5-2-6-3-8-5;1-2;;1-2/h3*2-11H,1H3,(H,21,23)(H,22,24);2-3,8H,1H3;2-4H,6H2,1H3;2-3H,1H3;2H,1H3;1H;2H,1H2/b;;;7-4+;;;;;. The molecular formula is C73H72ClN15O10S9. The molecule has 108 heavy (non-hydrogen) atoms. The Morgan fingerprint density at radius 3 is 0.954 bits per heavy atom. The normalized spacial score (nSPS) is 12.8. The number of benzene rings is 6. The monoisotopic (exact) mass is 1640 g/mol. The summed E-state index contributed by atoms with van der Waals surface area (Å²) in [6, 6.07) is 38.3. The lowest BCUT2D eigenvalue weighted by molar-refractivity contribution is 0.0932. The van der Waals surface area contributed by atoms with Gasteiger partial charge in [0.25, 0.3) is 35.4 Å². The predicted molar refractivity (Wildman–Crippen MR) is 433 cm³/mol. The third kappa shape index (κ3) is 24.1. The first kappa shape index (κ1) is 85.5. The summed E-state index contributed by atoms with van der Waals surface area (Å²) < 4.78 is 0. The Kier molecular flexibility index (Phi) is 34.3. The van der Waals surface area contributed by atoms with E-state index in [-0.39, 0.29) is 77.8 Å². The second-order valence-corrected chi connectivity index (χ2v) is 30.9. The van der Waals surface area contributed by atoms with Crippen molar-refractivity contribution in [3.05, 3.63) is 260 Å². The van der Waals surface area contributed by atoms with E-state index in [1.54, 1.807) is 143 Å². The van der Waals surface area contributed by atoms with Crippen molar-refractivity contribution in [2.24, 2.45) is 16.8 Å². The van der Waals surface area contributed by atoms with Crippen LogP contribution in [0.15, 0.2) is 232 Å². The van der Waals surface area contributed by atoms with Crippen LogP contribution in [-0.2, 0) is 0 Å². The Balaban J connectivity index is 0.000000190.